The van der Waals surface area contributed by atoms with Gasteiger partial charge in [-0.2, -0.15) is 0 Å². The predicted octanol–water partition coefficient (Wildman–Crippen LogP) is 16.3. The van der Waals surface area contributed by atoms with Gasteiger partial charge in [0, 0.05) is 32.5 Å². The van der Waals surface area contributed by atoms with E-state index in [9.17, 15) is 0 Å². The number of halogens is 2. The summed E-state index contributed by atoms with van der Waals surface area (Å²) in [6.45, 7) is 13.3. The third-order valence-electron chi connectivity index (χ3n) is 12.8. The maximum absolute atomic E-state index is 6.43. The first-order valence-electron chi connectivity index (χ1n) is 20.6. The van der Waals surface area contributed by atoms with Crippen molar-refractivity contribution in [3.05, 3.63) is 189 Å². The van der Waals surface area contributed by atoms with Crippen LogP contribution in [0.1, 0.15) is 79.4 Å². The molecule has 10 rings (SSSR count). The number of hydrogen-bond acceptors (Lipinski definition) is 2. The molecule has 2 heterocycles. The summed E-state index contributed by atoms with van der Waals surface area (Å²) >= 11 is -0.826. The van der Waals surface area contributed by atoms with Gasteiger partial charge in [-0.05, 0) is 178 Å². The molecule has 2 aromatic heterocycles. The summed E-state index contributed by atoms with van der Waals surface area (Å²) in [7, 11) is 10.6. The molecule has 2 nitrogen and oxygen atoms in total. The van der Waals surface area contributed by atoms with E-state index in [0.717, 1.165) is 44.6 Å². The van der Waals surface area contributed by atoms with Gasteiger partial charge in [0.15, 0.2) is 0 Å². The zero-order valence-corrected chi connectivity index (χ0v) is 39.8. The van der Waals surface area contributed by atoms with Crippen LogP contribution in [0.3, 0.4) is 0 Å². The number of fused-ring (bicyclic) bond motifs is 4. The van der Waals surface area contributed by atoms with Crippen LogP contribution in [0, 0.1) is 41.5 Å². The third kappa shape index (κ3) is 7.38. The van der Waals surface area contributed by atoms with Crippen LogP contribution in [0.15, 0.2) is 130 Å². The SMILES string of the molecule is Cc1ccc(C2=Cc3c(cc(C)c(C)c3-c3cccc4ccccc34)C2C[Si]CC2C(c3ccc(C)o3)=Cc3c2cc(C)c(C)c3-c2cccc3ccccc23)o1.[Cl][Zr][Cl]. The molecule has 6 aromatic carbocycles. The van der Waals surface area contributed by atoms with Crippen molar-refractivity contribution in [2.45, 2.75) is 65.5 Å². The Hall–Kier alpha value is -4.44. The van der Waals surface area contributed by atoms with Crippen LogP contribution < -0.4 is 0 Å². The van der Waals surface area contributed by atoms with E-state index in [2.05, 4.69) is 175 Å². The first-order valence-corrected chi connectivity index (χ1v) is 28.4. The van der Waals surface area contributed by atoms with E-state index in [1.54, 1.807) is 0 Å². The van der Waals surface area contributed by atoms with Crippen molar-refractivity contribution in [1.29, 1.82) is 0 Å². The van der Waals surface area contributed by atoms with Gasteiger partial charge < -0.3 is 8.83 Å². The minimum atomic E-state index is -0.826. The van der Waals surface area contributed by atoms with E-state index in [-0.39, 0.29) is 11.8 Å². The number of benzene rings is 6. The average molecular weight is 917 g/mol. The van der Waals surface area contributed by atoms with Crippen molar-refractivity contribution in [2.75, 3.05) is 0 Å². The van der Waals surface area contributed by atoms with Gasteiger partial charge in [-0.3, -0.25) is 0 Å². The van der Waals surface area contributed by atoms with Crippen LogP contribution in [0.4, 0.5) is 0 Å². The van der Waals surface area contributed by atoms with Crippen LogP contribution in [-0.4, -0.2) is 9.52 Å². The molecular formula is C54H46Cl2O2SiZr. The molecule has 2 aliphatic rings. The van der Waals surface area contributed by atoms with Crippen molar-refractivity contribution in [1.82, 2.24) is 0 Å². The van der Waals surface area contributed by atoms with Crippen molar-refractivity contribution in [2.24, 2.45) is 0 Å². The molecule has 0 spiro atoms. The number of rotatable bonds is 8. The van der Waals surface area contributed by atoms with Crippen molar-refractivity contribution in [3.8, 4) is 22.3 Å². The molecule has 0 amide bonds. The maximum atomic E-state index is 6.43. The van der Waals surface area contributed by atoms with Gasteiger partial charge in [0.05, 0.1) is 0 Å². The average Bonchev–Trinajstić information content (AvgIpc) is 4.05. The summed E-state index contributed by atoms with van der Waals surface area (Å²) in [5.74, 6) is 4.35. The standard InChI is InChI=1S/C54H46O2Si.2ClH.Zr/c1-31-25-43-47(53(35(31)5)41-19-11-15-37-13-7-9-17-39(37)41)27-45(51-23-21-33(3)55-51)49(43)29-57-30-50-44-26-32(2)36(6)54(42-20-12-16-38-14-8-10-18-40(38)42)48(44)28-46(50)52-24-22-34(4)56-52;;;/h7-28,49-50H,29-30H2,1-6H3;2*1H;/q;;;+2/p-2. The normalized spacial score (nSPS) is 15.4. The molecule has 0 saturated carbocycles. The Balaban J connectivity index is 0.00000150. The monoisotopic (exact) mass is 914 g/mol. The van der Waals surface area contributed by atoms with Gasteiger partial charge in [-0.1, -0.05) is 97.1 Å². The minimum absolute atomic E-state index is 0.238. The van der Waals surface area contributed by atoms with E-state index < -0.39 is 20.8 Å². The Kier molecular flexibility index (Phi) is 11.7. The van der Waals surface area contributed by atoms with Gasteiger partial charge in [0.1, 0.15) is 23.0 Å². The van der Waals surface area contributed by atoms with Crippen LogP contribution in [0.5, 0.6) is 0 Å². The number of furan rings is 2. The van der Waals surface area contributed by atoms with E-state index >= 15 is 0 Å². The second-order valence-corrected chi connectivity index (χ2v) is 21.3. The van der Waals surface area contributed by atoms with Gasteiger partial charge in [0.2, 0.25) is 0 Å². The fraction of sp³-hybridized carbons (Fsp3) is 0.185. The molecule has 0 fully saturated rings. The Bertz CT molecular complexity index is 2790. The van der Waals surface area contributed by atoms with Gasteiger partial charge in [-0.15, -0.1) is 0 Å². The quantitative estimate of drug-likeness (QED) is 0.142. The van der Waals surface area contributed by atoms with Crippen molar-refractivity contribution < 1.29 is 29.7 Å². The van der Waals surface area contributed by atoms with E-state index in [4.69, 9.17) is 25.9 Å². The van der Waals surface area contributed by atoms with Crippen LogP contribution in [-0.2, 0) is 20.8 Å². The molecule has 2 unspecified atom stereocenters. The number of hydrogen-bond donors (Lipinski definition) is 0. The molecule has 0 bridgehead atoms. The molecule has 2 atom stereocenters. The van der Waals surface area contributed by atoms with Gasteiger partial charge in [0.25, 0.3) is 0 Å². The fourth-order valence-corrected chi connectivity index (χ4v) is 11.3. The number of allylic oxidation sites excluding steroid dienone is 2. The van der Waals surface area contributed by atoms with Gasteiger partial charge in [-0.25, -0.2) is 0 Å². The topological polar surface area (TPSA) is 26.3 Å². The second-order valence-electron chi connectivity index (χ2n) is 16.3. The van der Waals surface area contributed by atoms with Crippen LogP contribution in [0.2, 0.25) is 12.1 Å². The first-order chi connectivity index (χ1) is 29.2. The van der Waals surface area contributed by atoms with E-state index in [0.29, 0.717) is 0 Å². The zero-order chi connectivity index (χ0) is 41.7. The van der Waals surface area contributed by atoms with Crippen LogP contribution in [0.25, 0.3) is 67.1 Å². The molecule has 296 valence electrons. The summed E-state index contributed by atoms with van der Waals surface area (Å²) in [6.07, 6.45) is 4.91. The van der Waals surface area contributed by atoms with Crippen molar-refractivity contribution >= 4 is 71.4 Å². The molecular weight excluding hydrogens is 871 g/mol. The van der Waals surface area contributed by atoms with Gasteiger partial charge >= 0.3 is 37.9 Å². The summed E-state index contributed by atoms with van der Waals surface area (Å²) in [6, 6.07) is 46.7. The first kappa shape index (κ1) is 40.9. The second kappa shape index (κ2) is 17.1. The molecule has 60 heavy (non-hydrogen) atoms. The molecule has 0 saturated heterocycles. The molecule has 0 N–H and O–H groups in total. The van der Waals surface area contributed by atoms with Crippen LogP contribution >= 0.6 is 17.0 Å². The summed E-state index contributed by atoms with van der Waals surface area (Å²) in [4.78, 5) is 0. The summed E-state index contributed by atoms with van der Waals surface area (Å²) in [5.41, 5.74) is 18.8. The molecule has 6 heteroatoms. The molecule has 0 aliphatic heterocycles. The summed E-state index contributed by atoms with van der Waals surface area (Å²) in [5, 5.41) is 5.14. The number of aryl methyl sites for hydroxylation is 4. The Morgan fingerprint density at radius 3 is 1.32 bits per heavy atom. The third-order valence-corrected chi connectivity index (χ3v) is 14.2. The molecule has 8 aromatic rings. The molecule has 2 radical (unpaired) electrons. The molecule has 2 aliphatic carbocycles. The van der Waals surface area contributed by atoms with E-state index in [1.165, 1.54) is 99.5 Å². The van der Waals surface area contributed by atoms with E-state index in [1.807, 2.05) is 0 Å². The van der Waals surface area contributed by atoms with Crippen molar-refractivity contribution in [3.63, 3.8) is 0 Å². The predicted molar refractivity (Wildman–Crippen MR) is 253 cm³/mol. The Morgan fingerprint density at radius 2 is 0.917 bits per heavy atom. The Morgan fingerprint density at radius 1 is 0.517 bits per heavy atom. The Labute approximate surface area is 374 Å². The zero-order valence-electron chi connectivity index (χ0n) is 34.8. The fourth-order valence-electron chi connectivity index (χ4n) is 9.72. The summed E-state index contributed by atoms with van der Waals surface area (Å²) < 4.78 is 12.9.